The number of hydrogen-bond donors (Lipinski definition) is 0. The maximum absolute atomic E-state index is 11.6. The van der Waals surface area contributed by atoms with E-state index in [0.29, 0.717) is 6.42 Å². The van der Waals surface area contributed by atoms with Gasteiger partial charge in [-0.1, -0.05) is 84.0 Å². The monoisotopic (exact) mass is 346 g/mol. The Balaban J connectivity index is 3.27. The van der Waals surface area contributed by atoms with Gasteiger partial charge in [0.2, 0.25) is 0 Å². The molecule has 0 radical (unpaired) electrons. The number of hydrogen-bond acceptors (Lipinski definition) is 3. The van der Waals surface area contributed by atoms with Crippen LogP contribution in [0, 0.1) is 0 Å². The van der Waals surface area contributed by atoms with E-state index in [4.69, 9.17) is 11.6 Å². The Labute approximate surface area is 147 Å². The summed E-state index contributed by atoms with van der Waals surface area (Å²) in [4.78, 5) is 22.7. The first-order valence-corrected chi connectivity index (χ1v) is 9.81. The number of methoxy groups -OCH3 is 1. The minimum Gasteiger partial charge on any atom is -0.468 e. The Bertz CT molecular complexity index is 305. The highest BCUT2D eigenvalue weighted by Crippen LogP contribution is 2.14. The lowest BCUT2D eigenvalue weighted by Gasteiger charge is -2.06. The molecule has 0 heterocycles. The minimum absolute atomic E-state index is 0.221. The predicted octanol–water partition coefficient (Wildman–Crippen LogP) is 5.82. The fourth-order valence-corrected chi connectivity index (χ4v) is 2.88. The first kappa shape index (κ1) is 22.4. The highest BCUT2D eigenvalue weighted by Gasteiger charge is 2.23. The first-order chi connectivity index (χ1) is 11.1. The van der Waals surface area contributed by atoms with Crippen molar-refractivity contribution >= 4 is 23.4 Å². The van der Waals surface area contributed by atoms with Gasteiger partial charge in [0.05, 0.1) is 7.11 Å². The van der Waals surface area contributed by atoms with Gasteiger partial charge in [0, 0.05) is 6.42 Å². The van der Waals surface area contributed by atoms with Gasteiger partial charge >= 0.3 is 5.97 Å². The highest BCUT2D eigenvalue weighted by atomic mass is 35.5. The number of Topliss-reactive ketones (excluding diaryl/α,β-unsaturated/α-hetero) is 1. The molecule has 0 saturated carbocycles. The van der Waals surface area contributed by atoms with Crippen molar-refractivity contribution in [3.8, 4) is 0 Å². The first-order valence-electron chi connectivity index (χ1n) is 9.38. The van der Waals surface area contributed by atoms with Gasteiger partial charge in [-0.25, -0.2) is 4.79 Å². The van der Waals surface area contributed by atoms with Crippen LogP contribution in [0.15, 0.2) is 0 Å². The van der Waals surface area contributed by atoms with Crippen molar-refractivity contribution < 1.29 is 14.3 Å². The molecule has 0 aliphatic heterocycles. The van der Waals surface area contributed by atoms with Crippen molar-refractivity contribution in [2.75, 3.05) is 7.11 Å². The summed E-state index contributed by atoms with van der Waals surface area (Å²) < 4.78 is 4.46. The largest absolute Gasteiger partial charge is 0.468 e. The molecule has 4 heteroatoms. The van der Waals surface area contributed by atoms with Crippen molar-refractivity contribution in [2.24, 2.45) is 0 Å². The van der Waals surface area contributed by atoms with Crippen LogP contribution in [-0.2, 0) is 14.3 Å². The number of unbranched alkanes of at least 4 members (excludes halogenated alkanes) is 12. The summed E-state index contributed by atoms with van der Waals surface area (Å²) in [7, 11) is 1.25. The maximum atomic E-state index is 11.6. The zero-order valence-electron chi connectivity index (χ0n) is 15.1. The van der Waals surface area contributed by atoms with Crippen LogP contribution in [0.25, 0.3) is 0 Å². The molecule has 0 amide bonds. The van der Waals surface area contributed by atoms with Crippen molar-refractivity contribution in [3.05, 3.63) is 0 Å². The van der Waals surface area contributed by atoms with E-state index in [9.17, 15) is 9.59 Å². The van der Waals surface area contributed by atoms with Gasteiger partial charge in [0.15, 0.2) is 11.2 Å². The van der Waals surface area contributed by atoms with Crippen LogP contribution in [0.2, 0.25) is 0 Å². The summed E-state index contributed by atoms with van der Waals surface area (Å²) >= 11 is 5.71. The molecule has 136 valence electrons. The van der Waals surface area contributed by atoms with E-state index in [1.807, 2.05) is 0 Å². The zero-order valence-corrected chi connectivity index (χ0v) is 15.8. The van der Waals surface area contributed by atoms with Crippen LogP contribution in [0.4, 0.5) is 0 Å². The average Bonchev–Trinajstić information content (AvgIpc) is 2.57. The van der Waals surface area contributed by atoms with E-state index in [0.717, 1.165) is 19.3 Å². The SMILES string of the molecule is CCCCCCCCCCCCCCCC(=O)C(Cl)C(=O)OC. The number of rotatable bonds is 16. The second-order valence-electron chi connectivity index (χ2n) is 6.34. The summed E-state index contributed by atoms with van der Waals surface area (Å²) in [5.41, 5.74) is 0. The highest BCUT2D eigenvalue weighted by molar-refractivity contribution is 6.41. The van der Waals surface area contributed by atoms with E-state index in [-0.39, 0.29) is 5.78 Å². The van der Waals surface area contributed by atoms with Crippen LogP contribution < -0.4 is 0 Å². The van der Waals surface area contributed by atoms with Crippen LogP contribution in [0.5, 0.6) is 0 Å². The number of carbonyl (C=O) groups excluding carboxylic acids is 2. The molecule has 23 heavy (non-hydrogen) atoms. The number of carbonyl (C=O) groups is 2. The van der Waals surface area contributed by atoms with E-state index < -0.39 is 11.3 Å². The molecule has 1 atom stereocenters. The minimum atomic E-state index is -1.13. The van der Waals surface area contributed by atoms with Gasteiger partial charge in [-0.2, -0.15) is 0 Å². The maximum Gasteiger partial charge on any atom is 0.331 e. The third kappa shape index (κ3) is 13.6. The van der Waals surface area contributed by atoms with Crippen molar-refractivity contribution in [1.82, 2.24) is 0 Å². The third-order valence-corrected chi connectivity index (χ3v) is 4.64. The molecule has 0 rings (SSSR count). The molecule has 0 saturated heterocycles. The summed E-state index contributed by atoms with van der Waals surface area (Å²) in [5, 5.41) is -1.13. The summed E-state index contributed by atoms with van der Waals surface area (Å²) in [6.45, 7) is 2.25. The standard InChI is InChI=1S/C19H35ClO3/c1-3-4-5-6-7-8-9-10-11-12-13-14-15-16-17(21)18(20)19(22)23-2/h18H,3-16H2,1-2H3. The summed E-state index contributed by atoms with van der Waals surface area (Å²) in [6.07, 6.45) is 16.9. The molecule has 0 aromatic heterocycles. The van der Waals surface area contributed by atoms with E-state index in [2.05, 4.69) is 11.7 Å². The topological polar surface area (TPSA) is 43.4 Å². The number of halogens is 1. The van der Waals surface area contributed by atoms with Gasteiger partial charge in [0.1, 0.15) is 0 Å². The summed E-state index contributed by atoms with van der Waals surface area (Å²) in [6, 6.07) is 0. The fraction of sp³-hybridized carbons (Fsp3) is 0.895. The molecule has 3 nitrogen and oxygen atoms in total. The van der Waals surface area contributed by atoms with Crippen molar-refractivity contribution in [3.63, 3.8) is 0 Å². The molecule has 1 unspecified atom stereocenters. The van der Waals surface area contributed by atoms with Crippen LogP contribution in [0.3, 0.4) is 0 Å². The lowest BCUT2D eigenvalue weighted by Crippen LogP contribution is -2.25. The summed E-state index contributed by atoms with van der Waals surface area (Å²) in [5.74, 6) is -0.868. The molecule has 0 aromatic carbocycles. The van der Waals surface area contributed by atoms with Gasteiger partial charge in [-0.3, -0.25) is 4.79 Å². The quantitative estimate of drug-likeness (QED) is 0.153. The number of alkyl halides is 1. The molecule has 0 spiro atoms. The smallest absolute Gasteiger partial charge is 0.331 e. The van der Waals surface area contributed by atoms with Gasteiger partial charge in [-0.15, -0.1) is 11.6 Å². The predicted molar refractivity (Wildman–Crippen MR) is 97.0 cm³/mol. The van der Waals surface area contributed by atoms with Gasteiger partial charge in [0.25, 0.3) is 0 Å². The molecule has 0 aliphatic rings. The Morgan fingerprint density at radius 3 is 1.57 bits per heavy atom. The average molecular weight is 347 g/mol. The van der Waals surface area contributed by atoms with Crippen LogP contribution in [0.1, 0.15) is 96.8 Å². The third-order valence-electron chi connectivity index (χ3n) is 4.22. The fourth-order valence-electron chi connectivity index (χ4n) is 2.68. The molecule has 0 fully saturated rings. The van der Waals surface area contributed by atoms with Gasteiger partial charge in [-0.05, 0) is 6.42 Å². The van der Waals surface area contributed by atoms with E-state index in [1.165, 1.54) is 71.3 Å². The second kappa shape index (κ2) is 16.3. The zero-order chi connectivity index (χ0) is 17.3. The normalized spacial score (nSPS) is 12.1. The molecule has 0 bridgehead atoms. The molecule has 0 aromatic rings. The number of ether oxygens (including phenoxy) is 1. The van der Waals surface area contributed by atoms with Crippen LogP contribution in [-0.4, -0.2) is 24.2 Å². The molecular weight excluding hydrogens is 312 g/mol. The number of ketones is 1. The van der Waals surface area contributed by atoms with Crippen molar-refractivity contribution in [2.45, 2.75) is 102 Å². The van der Waals surface area contributed by atoms with E-state index in [1.54, 1.807) is 0 Å². The van der Waals surface area contributed by atoms with Gasteiger partial charge < -0.3 is 4.74 Å². The Morgan fingerprint density at radius 1 is 0.783 bits per heavy atom. The Kier molecular flexibility index (Phi) is 15.9. The van der Waals surface area contributed by atoms with E-state index >= 15 is 0 Å². The molecular formula is C19H35ClO3. The lowest BCUT2D eigenvalue weighted by atomic mass is 10.0. The van der Waals surface area contributed by atoms with Crippen LogP contribution >= 0.6 is 11.6 Å². The molecule has 0 N–H and O–H groups in total. The van der Waals surface area contributed by atoms with Crippen molar-refractivity contribution in [1.29, 1.82) is 0 Å². The Hall–Kier alpha value is -0.570. The number of esters is 1. The second-order valence-corrected chi connectivity index (χ2v) is 6.78. The molecule has 0 aliphatic carbocycles. The lowest BCUT2D eigenvalue weighted by molar-refractivity contribution is -0.142. The Morgan fingerprint density at radius 2 is 1.17 bits per heavy atom.